The Bertz CT molecular complexity index is 8.00. The molecule has 0 nitrogen and oxygen atoms in total. The summed E-state index contributed by atoms with van der Waals surface area (Å²) in [5.41, 5.74) is 0. The molecule has 0 rings (SSSR count). The second-order valence-corrected chi connectivity index (χ2v) is 0. The summed E-state index contributed by atoms with van der Waals surface area (Å²) in [5, 5.41) is 0. The molecule has 0 atom stereocenters. The Morgan fingerprint density at radius 3 is 1.00 bits per heavy atom. The van der Waals surface area contributed by atoms with Gasteiger partial charge >= 0.3 is 41.0 Å². The van der Waals surface area contributed by atoms with Gasteiger partial charge in [-0.25, -0.2) is 0 Å². The predicted octanol–water partition coefficient (Wildman–Crippen LogP) is -1.72. The molecule has 0 saturated carbocycles. The predicted molar refractivity (Wildman–Crippen MR) is 27.5 cm³/mol. The Labute approximate surface area is 70.8 Å². The molecule has 0 aromatic heterocycles. The molecule has 0 N–H and O–H groups in total. The number of hydrogen-bond donors (Lipinski definition) is 0. The Morgan fingerprint density at radius 2 is 1.00 bits per heavy atom. The van der Waals surface area contributed by atoms with E-state index in [0.29, 0.717) is 0 Å². The molecule has 0 aliphatic rings. The molecule has 0 aromatic rings. The van der Waals surface area contributed by atoms with Crippen LogP contribution in [0.2, 0.25) is 0 Å². The van der Waals surface area contributed by atoms with Gasteiger partial charge in [-0.3, -0.25) is 0 Å². The molecular weight excluding hydrogens is 293 g/mol. The Kier molecular flexibility index (Phi) is 165. The maximum atomic E-state index is 0. The van der Waals surface area contributed by atoms with Crippen LogP contribution in [-0.2, 0) is 17.1 Å². The summed E-state index contributed by atoms with van der Waals surface area (Å²) in [6, 6.07) is 0. The van der Waals surface area contributed by atoms with E-state index in [1.54, 1.807) is 0 Å². The van der Waals surface area contributed by atoms with Gasteiger partial charge in [0.15, 0.2) is 0 Å². The van der Waals surface area contributed by atoms with Gasteiger partial charge in [0.2, 0.25) is 0 Å². The summed E-state index contributed by atoms with van der Waals surface area (Å²) < 4.78 is 0. The van der Waals surface area contributed by atoms with Crippen LogP contribution >= 0.6 is 13.5 Å². The SMILES string of the molecule is S.[Cu].[SeH2].[SnH2]. The molecule has 3 radical (unpaired) electrons. The standard InChI is InChI=1S/Cu.H2S.H2Se.Sn.2H/h;2*1H2;;;. The zero-order valence-corrected chi connectivity index (χ0v) is 10.1. The first-order chi connectivity index (χ1) is 0. The molecule has 0 amide bonds. The summed E-state index contributed by atoms with van der Waals surface area (Å²) in [6.07, 6.45) is 0. The fraction of sp³-hybridized carbons (Fsp3) is 0. The van der Waals surface area contributed by atoms with Crippen molar-refractivity contribution in [2.24, 2.45) is 0 Å². The third-order valence-electron chi connectivity index (χ3n) is 0. The van der Waals surface area contributed by atoms with Gasteiger partial charge in [0, 0.05) is 17.1 Å². The van der Waals surface area contributed by atoms with Gasteiger partial charge in [-0.2, -0.15) is 13.5 Å². The summed E-state index contributed by atoms with van der Waals surface area (Å²) in [7, 11) is 0. The average molecular weight is 299 g/mol. The Morgan fingerprint density at radius 1 is 1.00 bits per heavy atom. The van der Waals surface area contributed by atoms with Crippen molar-refractivity contribution < 1.29 is 17.1 Å². The van der Waals surface area contributed by atoms with E-state index < -0.39 is 0 Å². The molecule has 0 aliphatic carbocycles. The average Bonchev–Trinajstić information content (AvgIpc) is 0. The molecule has 4 heavy (non-hydrogen) atoms. The van der Waals surface area contributed by atoms with Crippen molar-refractivity contribution in [1.82, 2.24) is 0 Å². The minimum atomic E-state index is 0. The van der Waals surface area contributed by atoms with E-state index in [1.807, 2.05) is 0 Å². The molecular formula is H6CuSSeSn. The first kappa shape index (κ1) is 34.8. The van der Waals surface area contributed by atoms with Crippen LogP contribution in [0.1, 0.15) is 0 Å². The molecule has 0 saturated heterocycles. The molecule has 0 aromatic carbocycles. The van der Waals surface area contributed by atoms with Gasteiger partial charge < -0.3 is 0 Å². The normalized spacial score (nSPS) is 0. The van der Waals surface area contributed by atoms with Crippen molar-refractivity contribution in [2.45, 2.75) is 0 Å². The van der Waals surface area contributed by atoms with Gasteiger partial charge in [0.25, 0.3) is 0 Å². The molecule has 0 unspecified atom stereocenters. The number of rotatable bonds is 0. The third-order valence-corrected chi connectivity index (χ3v) is 0. The van der Waals surface area contributed by atoms with Gasteiger partial charge in [0.1, 0.15) is 0 Å². The van der Waals surface area contributed by atoms with Crippen molar-refractivity contribution in [2.75, 3.05) is 0 Å². The quantitative estimate of drug-likeness (QED) is 0.467. The van der Waals surface area contributed by atoms with E-state index in [9.17, 15) is 0 Å². The third kappa shape index (κ3) is 8.89. The first-order valence-corrected chi connectivity index (χ1v) is 0. The molecule has 0 heterocycles. The first-order valence-electron chi connectivity index (χ1n) is 0. The summed E-state index contributed by atoms with van der Waals surface area (Å²) >= 11 is 0. The van der Waals surface area contributed by atoms with E-state index in [0.717, 1.165) is 0 Å². The maximum absolute atomic E-state index is 0. The molecule has 0 bridgehead atoms. The topological polar surface area (TPSA) is 0 Å². The van der Waals surface area contributed by atoms with Gasteiger partial charge in [-0.1, -0.05) is 0 Å². The summed E-state index contributed by atoms with van der Waals surface area (Å²) in [4.78, 5) is 0. The molecule has 4 heteroatoms. The van der Waals surface area contributed by atoms with Crippen LogP contribution in [0.4, 0.5) is 0 Å². The molecule has 0 fully saturated rings. The molecule has 0 spiro atoms. The van der Waals surface area contributed by atoms with Crippen LogP contribution in [0, 0.1) is 0 Å². The fourth-order valence-electron chi connectivity index (χ4n) is 0. The van der Waals surface area contributed by atoms with Crippen LogP contribution < -0.4 is 0 Å². The fourth-order valence-corrected chi connectivity index (χ4v) is 0. The van der Waals surface area contributed by atoms with Crippen molar-refractivity contribution in [1.29, 1.82) is 0 Å². The zero-order chi connectivity index (χ0) is 0. The minimum absolute atomic E-state index is 0. The van der Waals surface area contributed by atoms with Crippen LogP contribution in [0.15, 0.2) is 0 Å². The van der Waals surface area contributed by atoms with Crippen LogP contribution in [0.25, 0.3) is 0 Å². The van der Waals surface area contributed by atoms with E-state index in [4.69, 9.17) is 0 Å². The Hall–Kier alpha value is 2.19. The van der Waals surface area contributed by atoms with Crippen molar-refractivity contribution in [3.63, 3.8) is 0 Å². The van der Waals surface area contributed by atoms with Crippen LogP contribution in [0.3, 0.4) is 0 Å². The van der Waals surface area contributed by atoms with Crippen LogP contribution in [-0.4, -0.2) is 41.0 Å². The summed E-state index contributed by atoms with van der Waals surface area (Å²) in [6.45, 7) is 0. The zero-order valence-electron chi connectivity index (χ0n) is 2.01. The molecule has 33 valence electrons. The monoisotopic (exact) mass is 301 g/mol. The van der Waals surface area contributed by atoms with Crippen molar-refractivity contribution >= 4 is 54.5 Å². The van der Waals surface area contributed by atoms with Crippen molar-refractivity contribution in [3.8, 4) is 0 Å². The van der Waals surface area contributed by atoms with Gasteiger partial charge in [0.05, 0.1) is 0 Å². The number of hydrogen-bond acceptors (Lipinski definition) is 0. The van der Waals surface area contributed by atoms with E-state index in [-0.39, 0.29) is 71.5 Å². The second kappa shape index (κ2) is 19.0. The second-order valence-electron chi connectivity index (χ2n) is 0. The Balaban J connectivity index is 0. The van der Waals surface area contributed by atoms with Gasteiger partial charge in [-0.15, -0.1) is 0 Å². The summed E-state index contributed by atoms with van der Waals surface area (Å²) in [5.74, 6) is 0. The van der Waals surface area contributed by atoms with Crippen molar-refractivity contribution in [3.05, 3.63) is 0 Å². The van der Waals surface area contributed by atoms with E-state index in [1.165, 1.54) is 0 Å². The van der Waals surface area contributed by atoms with Crippen LogP contribution in [0.5, 0.6) is 0 Å². The van der Waals surface area contributed by atoms with E-state index in [2.05, 4.69) is 0 Å². The van der Waals surface area contributed by atoms with Gasteiger partial charge in [-0.05, 0) is 0 Å². The molecule has 0 aliphatic heterocycles. The van der Waals surface area contributed by atoms with E-state index >= 15 is 0 Å².